The summed E-state index contributed by atoms with van der Waals surface area (Å²) >= 11 is 6.88. The van der Waals surface area contributed by atoms with E-state index in [-0.39, 0.29) is 48.1 Å². The molecule has 3 fully saturated rings. The van der Waals surface area contributed by atoms with E-state index in [0.717, 1.165) is 6.42 Å². The van der Waals surface area contributed by atoms with Crippen LogP contribution in [0.5, 0.6) is 0 Å². The van der Waals surface area contributed by atoms with E-state index in [1.807, 2.05) is 12.3 Å². The lowest BCUT2D eigenvalue weighted by Gasteiger charge is -2.52. The normalized spacial score (nSPS) is 47.6. The molecule has 0 unspecified atom stereocenters. The van der Waals surface area contributed by atoms with Crippen molar-refractivity contribution in [3.05, 3.63) is 12.7 Å². The molecule has 0 N–H and O–H groups in total. The van der Waals surface area contributed by atoms with Gasteiger partial charge in [-0.3, -0.25) is 0 Å². The molecule has 0 radical (unpaired) electrons. The summed E-state index contributed by atoms with van der Waals surface area (Å²) in [6.45, 7) is 13.8. The van der Waals surface area contributed by atoms with Crippen molar-refractivity contribution in [2.45, 2.75) is 52.7 Å². The molecule has 6 heteroatoms. The summed E-state index contributed by atoms with van der Waals surface area (Å²) in [6.07, 6.45) is 6.12. The van der Waals surface area contributed by atoms with Crippen molar-refractivity contribution in [2.24, 2.45) is 52.8 Å². The summed E-state index contributed by atoms with van der Waals surface area (Å²) in [7, 11) is 1.67. The zero-order chi connectivity index (χ0) is 22.2. The number of nitriles is 1. The Morgan fingerprint density at radius 1 is 1.30 bits per heavy atom. The predicted octanol–water partition coefficient (Wildman–Crippen LogP) is 5.53. The number of fused-ring (bicyclic) bond motifs is 3. The van der Waals surface area contributed by atoms with Crippen LogP contribution in [0.15, 0.2) is 12.7 Å². The quantitative estimate of drug-likeness (QED) is 0.311. The highest BCUT2D eigenvalue weighted by atomic mass is 32.2. The minimum absolute atomic E-state index is 0.0189. The second kappa shape index (κ2) is 9.48. The van der Waals surface area contributed by atoms with Gasteiger partial charge in [-0.25, -0.2) is 0 Å². The summed E-state index contributed by atoms with van der Waals surface area (Å²) in [5.41, 5.74) is 0.101. The van der Waals surface area contributed by atoms with Gasteiger partial charge in [-0.15, -0.1) is 6.58 Å². The molecule has 0 aromatic carbocycles. The Hall–Kier alpha value is -0.610. The van der Waals surface area contributed by atoms with Gasteiger partial charge in [0.05, 0.1) is 18.1 Å². The van der Waals surface area contributed by atoms with Crippen LogP contribution in [-0.4, -0.2) is 36.7 Å². The summed E-state index contributed by atoms with van der Waals surface area (Å²) in [4.78, 5) is 0. The molecule has 0 bridgehead atoms. The number of thioether (sulfide) groups is 1. The van der Waals surface area contributed by atoms with Crippen molar-refractivity contribution < 1.29 is 14.2 Å². The molecule has 3 aliphatic carbocycles. The Kier molecular flexibility index (Phi) is 7.60. The van der Waals surface area contributed by atoms with Crippen LogP contribution in [0.1, 0.15) is 40.5 Å². The van der Waals surface area contributed by atoms with Crippen LogP contribution >= 0.6 is 24.0 Å². The van der Waals surface area contributed by atoms with Crippen LogP contribution < -0.4 is 0 Å². The fourth-order valence-corrected chi connectivity index (χ4v) is 8.21. The first-order chi connectivity index (χ1) is 14.2. The first kappa shape index (κ1) is 24.0. The third kappa shape index (κ3) is 3.85. The van der Waals surface area contributed by atoms with Gasteiger partial charge in [0, 0.05) is 18.9 Å². The van der Waals surface area contributed by atoms with Crippen molar-refractivity contribution >= 4 is 28.4 Å². The lowest BCUT2D eigenvalue weighted by molar-refractivity contribution is -0.130. The van der Waals surface area contributed by atoms with Gasteiger partial charge in [-0.05, 0) is 66.3 Å². The van der Waals surface area contributed by atoms with Crippen LogP contribution in [0.4, 0.5) is 0 Å². The molecule has 0 heterocycles. The Bertz CT molecular complexity index is 694. The van der Waals surface area contributed by atoms with Gasteiger partial charge < -0.3 is 14.2 Å². The number of rotatable bonds is 5. The maximum Gasteiger partial charge on any atom is 0.219 e. The highest BCUT2D eigenvalue weighted by molar-refractivity contribution is 8.22. The zero-order valence-electron chi connectivity index (χ0n) is 19.2. The maximum atomic E-state index is 10.3. The number of thiocarbonyl (C=S) groups is 1. The van der Waals surface area contributed by atoms with E-state index in [0.29, 0.717) is 28.1 Å². The highest BCUT2D eigenvalue weighted by Gasteiger charge is 2.68. The fourth-order valence-electron chi connectivity index (χ4n) is 7.90. The average Bonchev–Trinajstić information content (AvgIpc) is 2.96. The van der Waals surface area contributed by atoms with Gasteiger partial charge in [0.2, 0.25) is 4.38 Å². The summed E-state index contributed by atoms with van der Waals surface area (Å²) in [5, 5.41) is 10.3. The molecule has 0 saturated heterocycles. The van der Waals surface area contributed by atoms with Gasteiger partial charge >= 0.3 is 0 Å². The van der Waals surface area contributed by atoms with Crippen molar-refractivity contribution in [2.75, 3.05) is 20.2 Å². The lowest BCUT2D eigenvalue weighted by Crippen LogP contribution is -2.52. The molecule has 30 heavy (non-hydrogen) atoms. The van der Waals surface area contributed by atoms with E-state index in [2.05, 4.69) is 40.3 Å². The van der Waals surface area contributed by atoms with E-state index in [9.17, 15) is 5.26 Å². The van der Waals surface area contributed by atoms with Gasteiger partial charge in [0.15, 0.2) is 0 Å². The van der Waals surface area contributed by atoms with Crippen LogP contribution in [0.2, 0.25) is 0 Å². The smallest absolute Gasteiger partial charge is 0.219 e. The molecule has 3 saturated carbocycles. The number of ether oxygens (including phenoxy) is 3. The monoisotopic (exact) mass is 451 g/mol. The maximum absolute atomic E-state index is 10.3. The molecule has 3 rings (SSSR count). The van der Waals surface area contributed by atoms with Crippen LogP contribution in [0.3, 0.4) is 0 Å². The topological polar surface area (TPSA) is 51.5 Å². The Morgan fingerprint density at radius 3 is 2.57 bits per heavy atom. The molecule has 3 aliphatic rings. The molecular weight excluding hydrogens is 414 g/mol. The standard InChI is InChI=1S/C24H37NO3S2/c1-8-16-17(11-25)18-20(15(4)21(16)28-23(29)30-7)24(5)10-13(2)9-14(3)19(24)22(18)27-12-26-6/h8,13-22H,1,9-10,12H2,2-7H3/t13-,14+,15+,16+,17+,18-,19+,20+,21-,22-,24-/m1/s1. The molecule has 4 nitrogen and oxygen atoms in total. The van der Waals surface area contributed by atoms with Crippen LogP contribution in [-0.2, 0) is 14.2 Å². The van der Waals surface area contributed by atoms with E-state index < -0.39 is 0 Å². The third-order valence-electron chi connectivity index (χ3n) is 8.34. The molecule has 0 aliphatic heterocycles. The fraction of sp³-hybridized carbons (Fsp3) is 0.833. The molecule has 168 valence electrons. The second-order valence-corrected chi connectivity index (χ2v) is 11.5. The van der Waals surface area contributed by atoms with Crippen molar-refractivity contribution in [3.63, 3.8) is 0 Å². The summed E-state index contributed by atoms with van der Waals surface area (Å²) < 4.78 is 18.6. The summed E-state index contributed by atoms with van der Waals surface area (Å²) in [5.74, 6) is 2.10. The van der Waals surface area contributed by atoms with E-state index in [1.54, 1.807) is 7.11 Å². The van der Waals surface area contributed by atoms with Crippen LogP contribution in [0.25, 0.3) is 0 Å². The highest BCUT2D eigenvalue weighted by Crippen LogP contribution is 2.68. The number of nitrogens with zero attached hydrogens (tertiary/aromatic N) is 1. The molecule has 0 aromatic rings. The van der Waals surface area contributed by atoms with Gasteiger partial charge in [-0.2, -0.15) is 5.26 Å². The first-order valence-electron chi connectivity index (χ1n) is 11.1. The minimum atomic E-state index is -0.204. The Morgan fingerprint density at radius 2 is 2.00 bits per heavy atom. The largest absolute Gasteiger partial charge is 0.474 e. The van der Waals surface area contributed by atoms with E-state index in [1.165, 1.54) is 18.2 Å². The van der Waals surface area contributed by atoms with E-state index >= 15 is 0 Å². The van der Waals surface area contributed by atoms with Gasteiger partial charge in [0.25, 0.3) is 0 Å². The number of hydrogen-bond donors (Lipinski definition) is 0. The number of methoxy groups -OCH3 is 1. The van der Waals surface area contributed by atoms with Gasteiger partial charge in [-0.1, -0.05) is 45.5 Å². The van der Waals surface area contributed by atoms with Crippen molar-refractivity contribution in [3.8, 4) is 6.07 Å². The average molecular weight is 452 g/mol. The van der Waals surface area contributed by atoms with Gasteiger partial charge in [0.1, 0.15) is 12.9 Å². The number of hydrogen-bond acceptors (Lipinski definition) is 6. The second-order valence-electron chi connectivity index (χ2n) is 10.1. The molecule has 0 spiro atoms. The molecular formula is C24H37NO3S2. The Labute approximate surface area is 192 Å². The van der Waals surface area contributed by atoms with Crippen LogP contribution in [0, 0.1) is 64.1 Å². The molecule has 0 amide bonds. The van der Waals surface area contributed by atoms with Crippen molar-refractivity contribution in [1.29, 1.82) is 5.26 Å². The van der Waals surface area contributed by atoms with Crippen molar-refractivity contribution in [1.82, 2.24) is 0 Å². The minimum Gasteiger partial charge on any atom is -0.474 e. The lowest BCUT2D eigenvalue weighted by atomic mass is 9.53. The van der Waals surface area contributed by atoms with E-state index in [4.69, 9.17) is 26.4 Å². The first-order valence-corrected chi connectivity index (χ1v) is 12.8. The third-order valence-corrected chi connectivity index (χ3v) is 9.36. The Balaban J connectivity index is 2.10. The SMILES string of the molecule is C=C[C@H]1[C@H](C#N)[C@H]2[C@@H](OCOC)[C@@H]3[C@@H](C)C[C@@H](C)C[C@@]3(C)[C@H]2[C@H](C)[C@H]1OC(=S)SC. The molecule has 11 atom stereocenters. The molecule has 0 aromatic heterocycles. The zero-order valence-corrected chi connectivity index (χ0v) is 20.8. The predicted molar refractivity (Wildman–Crippen MR) is 126 cm³/mol. The summed E-state index contributed by atoms with van der Waals surface area (Å²) in [6, 6.07) is 2.66.